The average Bonchev–Trinajstić information content (AvgIpc) is 2.00. The highest BCUT2D eigenvalue weighted by molar-refractivity contribution is 5.69. The number of aliphatic carboxylic acids is 2. The molecule has 0 spiro atoms. The van der Waals surface area contributed by atoms with Crippen LogP contribution in [0.1, 0.15) is 33.1 Å². The van der Waals surface area contributed by atoms with E-state index in [1.54, 1.807) is 6.92 Å². The molecule has 2 atom stereocenters. The van der Waals surface area contributed by atoms with E-state index in [9.17, 15) is 9.59 Å². The van der Waals surface area contributed by atoms with Gasteiger partial charge in [0.1, 0.15) is 0 Å². The quantitative estimate of drug-likeness (QED) is 0.663. The molecule has 0 aliphatic heterocycles. The van der Waals surface area contributed by atoms with E-state index in [-0.39, 0.29) is 18.3 Å². The number of carboxylic acid groups (broad SMARTS) is 2. The van der Waals surface area contributed by atoms with Crippen molar-refractivity contribution < 1.29 is 19.8 Å². The van der Waals surface area contributed by atoms with E-state index in [1.807, 2.05) is 6.92 Å². The summed E-state index contributed by atoms with van der Waals surface area (Å²) in [5.41, 5.74) is 0. The van der Waals surface area contributed by atoms with Gasteiger partial charge in [-0.2, -0.15) is 0 Å². The van der Waals surface area contributed by atoms with E-state index >= 15 is 0 Å². The van der Waals surface area contributed by atoms with E-state index in [1.165, 1.54) is 0 Å². The number of carbonyl (C=O) groups is 2. The number of hydrogen-bond donors (Lipinski definition) is 2. The summed E-state index contributed by atoms with van der Waals surface area (Å²) >= 11 is 0. The molecule has 13 heavy (non-hydrogen) atoms. The summed E-state index contributed by atoms with van der Waals surface area (Å²) in [4.78, 5) is 20.7. The van der Waals surface area contributed by atoms with Gasteiger partial charge in [0.2, 0.25) is 0 Å². The second-order valence-electron chi connectivity index (χ2n) is 3.51. The summed E-state index contributed by atoms with van der Waals surface area (Å²) in [6.07, 6.45) is 1.21. The zero-order chi connectivity index (χ0) is 10.4. The second-order valence-corrected chi connectivity index (χ2v) is 3.51. The lowest BCUT2D eigenvalue weighted by Gasteiger charge is -2.12. The van der Waals surface area contributed by atoms with Crippen molar-refractivity contribution >= 4 is 11.9 Å². The molecule has 76 valence electrons. The van der Waals surface area contributed by atoms with E-state index in [2.05, 4.69) is 0 Å². The third-order valence-electron chi connectivity index (χ3n) is 2.03. The first kappa shape index (κ1) is 11.9. The van der Waals surface area contributed by atoms with Gasteiger partial charge in [-0.3, -0.25) is 9.59 Å². The Kier molecular flexibility index (Phi) is 5.11. The molecule has 4 nitrogen and oxygen atoms in total. The first-order chi connectivity index (χ1) is 5.93. The van der Waals surface area contributed by atoms with Gasteiger partial charge in [-0.15, -0.1) is 0 Å². The molecule has 2 N–H and O–H groups in total. The molecular weight excluding hydrogens is 172 g/mol. The molecule has 0 aromatic rings. The van der Waals surface area contributed by atoms with Crippen molar-refractivity contribution in [3.05, 3.63) is 0 Å². The molecule has 0 unspecified atom stereocenters. The molecule has 0 bridgehead atoms. The van der Waals surface area contributed by atoms with Gasteiger partial charge in [0.05, 0.1) is 5.92 Å². The first-order valence-electron chi connectivity index (χ1n) is 4.38. The molecule has 0 amide bonds. The number of hydrogen-bond acceptors (Lipinski definition) is 2. The molecule has 0 heterocycles. The van der Waals surface area contributed by atoms with E-state index in [0.29, 0.717) is 12.8 Å². The summed E-state index contributed by atoms with van der Waals surface area (Å²) in [5.74, 6) is -1.87. The molecule has 0 aromatic heterocycles. The molecule has 0 fully saturated rings. The Morgan fingerprint density at radius 2 is 1.77 bits per heavy atom. The SMILES string of the molecule is C[C@@H](CCC(=O)O)C[C@H](C)C(=O)O. The number of carboxylic acids is 2. The Bertz CT molecular complexity index is 188. The largest absolute Gasteiger partial charge is 0.481 e. The van der Waals surface area contributed by atoms with Crippen LogP contribution in [0, 0.1) is 11.8 Å². The maximum absolute atomic E-state index is 10.5. The fourth-order valence-electron chi connectivity index (χ4n) is 1.19. The summed E-state index contributed by atoms with van der Waals surface area (Å²) in [5, 5.41) is 17.0. The topological polar surface area (TPSA) is 74.6 Å². The minimum Gasteiger partial charge on any atom is -0.481 e. The van der Waals surface area contributed by atoms with Crippen LogP contribution in [0.15, 0.2) is 0 Å². The Balaban J connectivity index is 3.67. The van der Waals surface area contributed by atoms with Gasteiger partial charge in [0, 0.05) is 6.42 Å². The van der Waals surface area contributed by atoms with Crippen LogP contribution < -0.4 is 0 Å². The number of rotatable bonds is 6. The van der Waals surface area contributed by atoms with Gasteiger partial charge in [-0.25, -0.2) is 0 Å². The van der Waals surface area contributed by atoms with Gasteiger partial charge >= 0.3 is 11.9 Å². The van der Waals surface area contributed by atoms with Crippen molar-refractivity contribution in [1.29, 1.82) is 0 Å². The Hall–Kier alpha value is -1.06. The Morgan fingerprint density at radius 3 is 2.15 bits per heavy atom. The molecule has 0 saturated heterocycles. The average molecular weight is 188 g/mol. The van der Waals surface area contributed by atoms with Crippen molar-refractivity contribution in [3.63, 3.8) is 0 Å². The summed E-state index contributed by atoms with van der Waals surface area (Å²) in [6.45, 7) is 3.52. The summed E-state index contributed by atoms with van der Waals surface area (Å²) < 4.78 is 0. The molecule has 0 aliphatic rings. The highest BCUT2D eigenvalue weighted by atomic mass is 16.4. The molecule has 0 saturated carbocycles. The molecule has 0 radical (unpaired) electrons. The van der Waals surface area contributed by atoms with Crippen molar-refractivity contribution in [1.82, 2.24) is 0 Å². The van der Waals surface area contributed by atoms with E-state index < -0.39 is 11.9 Å². The van der Waals surface area contributed by atoms with Crippen LogP contribution in [0.4, 0.5) is 0 Å². The zero-order valence-corrected chi connectivity index (χ0v) is 7.99. The lowest BCUT2D eigenvalue weighted by Crippen LogP contribution is -2.13. The van der Waals surface area contributed by atoms with Crippen LogP contribution in [-0.2, 0) is 9.59 Å². The maximum atomic E-state index is 10.5. The molecular formula is C9H16O4. The zero-order valence-electron chi connectivity index (χ0n) is 7.99. The molecule has 0 aliphatic carbocycles. The van der Waals surface area contributed by atoms with E-state index in [4.69, 9.17) is 10.2 Å². The Labute approximate surface area is 77.6 Å². The van der Waals surface area contributed by atoms with Gasteiger partial charge < -0.3 is 10.2 Å². The summed E-state index contributed by atoms with van der Waals surface area (Å²) in [7, 11) is 0. The third-order valence-corrected chi connectivity index (χ3v) is 2.03. The fourth-order valence-corrected chi connectivity index (χ4v) is 1.19. The van der Waals surface area contributed by atoms with Gasteiger partial charge in [0.25, 0.3) is 0 Å². The Morgan fingerprint density at radius 1 is 1.23 bits per heavy atom. The van der Waals surface area contributed by atoms with Crippen molar-refractivity contribution in [2.24, 2.45) is 11.8 Å². The lowest BCUT2D eigenvalue weighted by molar-refractivity contribution is -0.141. The predicted octanol–water partition coefficient (Wildman–Crippen LogP) is 1.60. The van der Waals surface area contributed by atoms with Gasteiger partial charge in [-0.1, -0.05) is 13.8 Å². The third kappa shape index (κ3) is 6.13. The normalized spacial score (nSPS) is 14.9. The molecule has 4 heteroatoms. The van der Waals surface area contributed by atoms with Crippen LogP contribution in [-0.4, -0.2) is 22.2 Å². The smallest absolute Gasteiger partial charge is 0.306 e. The maximum Gasteiger partial charge on any atom is 0.306 e. The standard InChI is InChI=1S/C9H16O4/c1-6(3-4-8(10)11)5-7(2)9(12)13/h6-7H,3-5H2,1-2H3,(H,10,11)(H,12,13)/t6-,7-/m0/s1. The summed E-state index contributed by atoms with van der Waals surface area (Å²) in [6, 6.07) is 0. The van der Waals surface area contributed by atoms with Crippen LogP contribution in [0.2, 0.25) is 0 Å². The predicted molar refractivity (Wildman–Crippen MR) is 47.5 cm³/mol. The minimum atomic E-state index is -0.824. The van der Waals surface area contributed by atoms with Crippen LogP contribution in [0.25, 0.3) is 0 Å². The van der Waals surface area contributed by atoms with Crippen LogP contribution in [0.3, 0.4) is 0 Å². The van der Waals surface area contributed by atoms with Crippen molar-refractivity contribution in [2.75, 3.05) is 0 Å². The van der Waals surface area contributed by atoms with Crippen molar-refractivity contribution in [2.45, 2.75) is 33.1 Å². The lowest BCUT2D eigenvalue weighted by atomic mass is 9.94. The molecule has 0 rings (SSSR count). The van der Waals surface area contributed by atoms with Gasteiger partial charge in [0.15, 0.2) is 0 Å². The van der Waals surface area contributed by atoms with E-state index in [0.717, 1.165) is 0 Å². The monoisotopic (exact) mass is 188 g/mol. The van der Waals surface area contributed by atoms with Crippen LogP contribution >= 0.6 is 0 Å². The highest BCUT2D eigenvalue weighted by Crippen LogP contribution is 2.16. The highest BCUT2D eigenvalue weighted by Gasteiger charge is 2.15. The van der Waals surface area contributed by atoms with Crippen LogP contribution in [0.5, 0.6) is 0 Å². The fraction of sp³-hybridized carbons (Fsp3) is 0.778. The first-order valence-corrected chi connectivity index (χ1v) is 4.38. The van der Waals surface area contributed by atoms with Gasteiger partial charge in [-0.05, 0) is 18.8 Å². The second kappa shape index (κ2) is 5.56. The molecule has 0 aromatic carbocycles. The van der Waals surface area contributed by atoms with Crippen molar-refractivity contribution in [3.8, 4) is 0 Å². The minimum absolute atomic E-state index is 0.119.